The van der Waals surface area contributed by atoms with Crippen LogP contribution in [0.2, 0.25) is 0 Å². The van der Waals surface area contributed by atoms with Gasteiger partial charge in [-0.2, -0.15) is 0 Å². The molecule has 0 amide bonds. The number of carbonyl (C=O) groups excluding carboxylic acids is 1. The van der Waals surface area contributed by atoms with Crippen molar-refractivity contribution < 1.29 is 49.4 Å². The summed E-state index contributed by atoms with van der Waals surface area (Å²) in [6, 6.07) is 0. The molecule has 2 unspecified atom stereocenters. The lowest BCUT2D eigenvalue weighted by Gasteiger charge is -2.17. The lowest BCUT2D eigenvalue weighted by atomic mass is 9.94. The number of aliphatic hydroxyl groups excluding tert-OH is 2. The average Bonchev–Trinajstić information content (AvgIpc) is 3.00. The summed E-state index contributed by atoms with van der Waals surface area (Å²) >= 11 is 0. The van der Waals surface area contributed by atoms with E-state index >= 15 is 0 Å². The maximum Gasteiger partial charge on any atom is 0.309 e. The Labute approximate surface area is 272 Å². The first kappa shape index (κ1) is 44.9. The monoisotopic (exact) mass is 646 g/mol. The van der Waals surface area contributed by atoms with Crippen LogP contribution in [0.5, 0.6) is 0 Å². The minimum atomic E-state index is -0.985. The molecule has 2 atom stereocenters. The van der Waals surface area contributed by atoms with E-state index < -0.39 is 24.0 Å². The molecule has 0 fully saturated rings. The van der Waals surface area contributed by atoms with Gasteiger partial charge in [0, 0.05) is 19.3 Å². The van der Waals surface area contributed by atoms with Gasteiger partial charge in [0.15, 0.2) is 0 Å². The number of aliphatic carboxylic acids is 3. The first-order chi connectivity index (χ1) is 21.6. The van der Waals surface area contributed by atoms with E-state index in [2.05, 4.69) is 6.92 Å². The van der Waals surface area contributed by atoms with E-state index in [0.717, 1.165) is 51.4 Å². The maximum absolute atomic E-state index is 12.4. The molecular weight excluding hydrogens is 580 g/mol. The van der Waals surface area contributed by atoms with Crippen LogP contribution in [0.25, 0.3) is 0 Å². The van der Waals surface area contributed by atoms with E-state index in [-0.39, 0.29) is 37.9 Å². The van der Waals surface area contributed by atoms with Gasteiger partial charge in [0.25, 0.3) is 0 Å². The summed E-state index contributed by atoms with van der Waals surface area (Å²) in [6.07, 6.45) is 24.8. The molecule has 0 heterocycles. The Balaban J connectivity index is 0. The molecule has 5 N–H and O–H groups in total. The molecule has 0 rings (SSSR count). The molecule has 0 bridgehead atoms. The molecule has 45 heavy (non-hydrogen) atoms. The van der Waals surface area contributed by atoms with Crippen LogP contribution < -0.4 is 0 Å². The molecule has 0 aliphatic heterocycles. The predicted molar refractivity (Wildman–Crippen MR) is 176 cm³/mol. The number of ether oxygens (including phenoxy) is 1. The van der Waals surface area contributed by atoms with Crippen LogP contribution in [0.1, 0.15) is 174 Å². The van der Waals surface area contributed by atoms with Crippen LogP contribution in [0.3, 0.4) is 0 Å². The lowest BCUT2D eigenvalue weighted by Crippen LogP contribution is -2.25. The van der Waals surface area contributed by atoms with Crippen molar-refractivity contribution in [2.24, 2.45) is 5.92 Å². The molecule has 0 saturated heterocycles. The third-order valence-corrected chi connectivity index (χ3v) is 7.84. The molecule has 0 saturated carbocycles. The van der Waals surface area contributed by atoms with Crippen LogP contribution in [-0.2, 0) is 23.9 Å². The molecule has 0 aliphatic rings. The fourth-order valence-electron chi connectivity index (χ4n) is 5.06. The van der Waals surface area contributed by atoms with Gasteiger partial charge in [-0.15, -0.1) is 0 Å². The van der Waals surface area contributed by atoms with Crippen LogP contribution in [0.4, 0.5) is 0 Å². The van der Waals surface area contributed by atoms with Gasteiger partial charge in [0.05, 0.1) is 12.5 Å². The highest BCUT2D eigenvalue weighted by atomic mass is 16.5. The molecule has 0 spiro atoms. The highest BCUT2D eigenvalue weighted by molar-refractivity contribution is 5.72. The van der Waals surface area contributed by atoms with Gasteiger partial charge in [-0.3, -0.25) is 19.2 Å². The Hall–Kier alpha value is -2.20. The van der Waals surface area contributed by atoms with Crippen molar-refractivity contribution in [2.75, 3.05) is 13.2 Å². The molecule has 0 radical (unpaired) electrons. The zero-order valence-corrected chi connectivity index (χ0v) is 28.2. The minimum absolute atomic E-state index is 0.0628. The van der Waals surface area contributed by atoms with Gasteiger partial charge in [0.1, 0.15) is 12.7 Å². The normalized spacial score (nSPS) is 12.2. The molecule has 266 valence electrons. The van der Waals surface area contributed by atoms with E-state index in [0.29, 0.717) is 19.3 Å². The molecule has 10 heteroatoms. The summed E-state index contributed by atoms with van der Waals surface area (Å²) in [5, 5.41) is 43.2. The highest BCUT2D eigenvalue weighted by Gasteiger charge is 2.20. The largest absolute Gasteiger partial charge is 0.481 e. The Morgan fingerprint density at radius 2 is 0.822 bits per heavy atom. The Kier molecular flexibility index (Phi) is 34.6. The SMILES string of the molecule is CCCCCCC(CCCCCCCCCCCCCCCCCC(=O)O)C(=O)OCC(O)CO.O=C(O)CCCCC(=O)O. The van der Waals surface area contributed by atoms with Crippen molar-refractivity contribution in [2.45, 2.75) is 180 Å². The molecule has 0 aromatic heterocycles. The number of rotatable bonds is 32. The number of hydrogen-bond donors (Lipinski definition) is 5. The smallest absolute Gasteiger partial charge is 0.309 e. The van der Waals surface area contributed by atoms with E-state index in [1.807, 2.05) is 0 Å². The second kappa shape index (κ2) is 34.7. The van der Waals surface area contributed by atoms with Crippen molar-refractivity contribution in [1.82, 2.24) is 0 Å². The molecule has 0 aromatic rings. The number of aliphatic hydroxyl groups is 2. The highest BCUT2D eigenvalue weighted by Crippen LogP contribution is 2.21. The van der Waals surface area contributed by atoms with Gasteiger partial charge in [-0.25, -0.2) is 0 Å². The fourth-order valence-corrected chi connectivity index (χ4v) is 5.06. The van der Waals surface area contributed by atoms with Crippen LogP contribution in [-0.4, -0.2) is 68.7 Å². The summed E-state index contributed by atoms with van der Waals surface area (Å²) in [6.45, 7) is 1.68. The zero-order valence-electron chi connectivity index (χ0n) is 28.2. The number of carboxylic acids is 3. The standard InChI is InChI=1S/C29H56O6.C6H10O4/c1-2-3-4-18-21-26(29(34)35-25-27(31)24-30)22-19-16-14-12-10-8-6-5-7-9-11-13-15-17-20-23-28(32)33;7-5(8)3-1-2-4-6(9)10/h26-27,30-31H,2-25H2,1H3,(H,32,33);1-4H2,(H,7,8)(H,9,10). The van der Waals surface area contributed by atoms with Gasteiger partial charge < -0.3 is 30.3 Å². The van der Waals surface area contributed by atoms with Gasteiger partial charge >= 0.3 is 23.9 Å². The molecule has 10 nitrogen and oxygen atoms in total. The second-order valence-corrected chi connectivity index (χ2v) is 12.2. The summed E-state index contributed by atoms with van der Waals surface area (Å²) in [4.78, 5) is 42.7. The Bertz CT molecular complexity index is 697. The number of carbonyl (C=O) groups is 4. The van der Waals surface area contributed by atoms with Crippen LogP contribution in [0, 0.1) is 5.92 Å². The quantitative estimate of drug-likeness (QED) is 0.0356. The topological polar surface area (TPSA) is 179 Å². The summed E-state index contributed by atoms with van der Waals surface area (Å²) in [7, 11) is 0. The molecule has 0 aromatic carbocycles. The first-order valence-electron chi connectivity index (χ1n) is 17.7. The number of unbranched alkanes of at least 4 members (excludes halogenated alkanes) is 18. The van der Waals surface area contributed by atoms with Gasteiger partial charge in [-0.1, -0.05) is 122 Å². The third-order valence-electron chi connectivity index (χ3n) is 7.84. The van der Waals surface area contributed by atoms with Gasteiger partial charge in [0.2, 0.25) is 0 Å². The Morgan fingerprint density at radius 1 is 0.511 bits per heavy atom. The van der Waals surface area contributed by atoms with Gasteiger partial charge in [-0.05, 0) is 32.1 Å². The van der Waals surface area contributed by atoms with Crippen LogP contribution >= 0.6 is 0 Å². The van der Waals surface area contributed by atoms with Crippen molar-refractivity contribution in [1.29, 1.82) is 0 Å². The van der Waals surface area contributed by atoms with Crippen molar-refractivity contribution in [3.05, 3.63) is 0 Å². The maximum atomic E-state index is 12.4. The van der Waals surface area contributed by atoms with E-state index in [4.69, 9.17) is 25.2 Å². The second-order valence-electron chi connectivity index (χ2n) is 12.2. The summed E-state index contributed by atoms with van der Waals surface area (Å²) < 4.78 is 5.23. The lowest BCUT2D eigenvalue weighted by molar-refractivity contribution is -0.153. The van der Waals surface area contributed by atoms with E-state index in [1.54, 1.807) is 0 Å². The van der Waals surface area contributed by atoms with Crippen molar-refractivity contribution >= 4 is 23.9 Å². The molecular formula is C35H66O10. The van der Waals surface area contributed by atoms with E-state index in [1.165, 1.54) is 83.5 Å². The first-order valence-corrected chi connectivity index (χ1v) is 17.7. The number of hydrogen-bond acceptors (Lipinski definition) is 7. The summed E-state index contributed by atoms with van der Waals surface area (Å²) in [5.41, 5.74) is 0. The van der Waals surface area contributed by atoms with E-state index in [9.17, 15) is 24.3 Å². The average molecular weight is 647 g/mol. The fraction of sp³-hybridized carbons (Fsp3) is 0.886. The zero-order chi connectivity index (χ0) is 34.0. The van der Waals surface area contributed by atoms with Crippen LogP contribution in [0.15, 0.2) is 0 Å². The third kappa shape index (κ3) is 37.9. The Morgan fingerprint density at radius 3 is 1.16 bits per heavy atom. The molecule has 0 aliphatic carbocycles. The van der Waals surface area contributed by atoms with Crippen molar-refractivity contribution in [3.8, 4) is 0 Å². The number of esters is 1. The minimum Gasteiger partial charge on any atom is -0.481 e. The summed E-state index contributed by atoms with van der Waals surface area (Å²) in [5.74, 6) is -2.72. The van der Waals surface area contributed by atoms with Crippen molar-refractivity contribution in [3.63, 3.8) is 0 Å². The number of carboxylic acid groups (broad SMARTS) is 3. The predicted octanol–water partition coefficient (Wildman–Crippen LogP) is 7.90.